The minimum Gasteiger partial charge on any atom is -0.244 e. The molecule has 1 rings (SSSR count). The standard InChI is InChI=1S/C11H21F/c1-9(2)10(3)5-7-11(4,12)8-6-10/h9H,5-8H2,1-4H3. The van der Waals surface area contributed by atoms with Crippen LogP contribution in [0.5, 0.6) is 0 Å². The summed E-state index contributed by atoms with van der Waals surface area (Å²) in [4.78, 5) is 0. The summed E-state index contributed by atoms with van der Waals surface area (Å²) in [5.41, 5.74) is -0.486. The maximum Gasteiger partial charge on any atom is 0.108 e. The number of alkyl halides is 1. The van der Waals surface area contributed by atoms with Gasteiger partial charge >= 0.3 is 0 Å². The molecule has 0 heterocycles. The molecule has 1 aliphatic rings. The van der Waals surface area contributed by atoms with Crippen LogP contribution in [0.15, 0.2) is 0 Å². The van der Waals surface area contributed by atoms with Crippen molar-refractivity contribution in [1.29, 1.82) is 0 Å². The second-order valence-electron chi connectivity index (χ2n) is 5.22. The average Bonchev–Trinajstić information content (AvgIpc) is 1.96. The van der Waals surface area contributed by atoms with Crippen LogP contribution in [-0.4, -0.2) is 5.67 Å². The average molecular weight is 172 g/mol. The summed E-state index contributed by atoms with van der Waals surface area (Å²) >= 11 is 0. The highest BCUT2D eigenvalue weighted by molar-refractivity contribution is 4.89. The zero-order valence-corrected chi connectivity index (χ0v) is 8.78. The van der Waals surface area contributed by atoms with Gasteiger partial charge in [0.2, 0.25) is 0 Å². The van der Waals surface area contributed by atoms with Gasteiger partial charge in [-0.3, -0.25) is 0 Å². The summed E-state index contributed by atoms with van der Waals surface area (Å²) in [6.45, 7) is 8.54. The second kappa shape index (κ2) is 3.01. The first-order valence-electron chi connectivity index (χ1n) is 5.05. The molecule has 1 aliphatic carbocycles. The summed E-state index contributed by atoms with van der Waals surface area (Å²) in [7, 11) is 0. The molecule has 0 atom stereocenters. The Morgan fingerprint density at radius 1 is 1.00 bits per heavy atom. The van der Waals surface area contributed by atoms with E-state index in [2.05, 4.69) is 20.8 Å². The van der Waals surface area contributed by atoms with Crippen LogP contribution in [0.25, 0.3) is 0 Å². The fourth-order valence-corrected chi connectivity index (χ4v) is 1.92. The van der Waals surface area contributed by atoms with Crippen molar-refractivity contribution in [2.75, 3.05) is 0 Å². The van der Waals surface area contributed by atoms with Crippen LogP contribution < -0.4 is 0 Å². The molecule has 0 unspecified atom stereocenters. The lowest BCUT2D eigenvalue weighted by Crippen LogP contribution is -2.35. The van der Waals surface area contributed by atoms with Gasteiger partial charge in [-0.25, -0.2) is 4.39 Å². The van der Waals surface area contributed by atoms with E-state index in [0.29, 0.717) is 11.3 Å². The van der Waals surface area contributed by atoms with Gasteiger partial charge in [0.05, 0.1) is 0 Å². The van der Waals surface area contributed by atoms with Gasteiger partial charge in [0, 0.05) is 0 Å². The van der Waals surface area contributed by atoms with Gasteiger partial charge in [-0.15, -0.1) is 0 Å². The zero-order chi connectivity index (χ0) is 9.41. The van der Waals surface area contributed by atoms with Crippen molar-refractivity contribution in [3.05, 3.63) is 0 Å². The fourth-order valence-electron chi connectivity index (χ4n) is 1.92. The maximum absolute atomic E-state index is 13.5. The minimum absolute atomic E-state index is 0.394. The Hall–Kier alpha value is -0.0700. The molecule has 0 nitrogen and oxygen atoms in total. The SMILES string of the molecule is CC(C)C1(C)CCC(C)(F)CC1. The van der Waals surface area contributed by atoms with E-state index in [9.17, 15) is 4.39 Å². The summed E-state index contributed by atoms with van der Waals surface area (Å²) in [5, 5.41) is 0. The largest absolute Gasteiger partial charge is 0.244 e. The van der Waals surface area contributed by atoms with Crippen molar-refractivity contribution in [3.8, 4) is 0 Å². The number of hydrogen-bond acceptors (Lipinski definition) is 0. The molecule has 0 aromatic carbocycles. The summed E-state index contributed by atoms with van der Waals surface area (Å²) in [5.74, 6) is 0.689. The minimum atomic E-state index is -0.881. The van der Waals surface area contributed by atoms with Gasteiger partial charge in [-0.05, 0) is 43.9 Å². The van der Waals surface area contributed by atoms with Crippen LogP contribution in [0.3, 0.4) is 0 Å². The summed E-state index contributed by atoms with van der Waals surface area (Å²) in [6.07, 6.45) is 3.61. The molecule has 0 N–H and O–H groups in total. The van der Waals surface area contributed by atoms with Crippen molar-refractivity contribution >= 4 is 0 Å². The topological polar surface area (TPSA) is 0 Å². The van der Waals surface area contributed by atoms with E-state index in [1.165, 1.54) is 0 Å². The number of rotatable bonds is 1. The molecular formula is C11H21F. The molecule has 12 heavy (non-hydrogen) atoms. The molecule has 0 spiro atoms. The van der Waals surface area contributed by atoms with E-state index in [-0.39, 0.29) is 0 Å². The van der Waals surface area contributed by atoms with E-state index in [4.69, 9.17) is 0 Å². The highest BCUT2D eigenvalue weighted by Crippen LogP contribution is 2.46. The highest BCUT2D eigenvalue weighted by atomic mass is 19.1. The smallest absolute Gasteiger partial charge is 0.108 e. The molecule has 1 saturated carbocycles. The Balaban J connectivity index is 2.55. The van der Waals surface area contributed by atoms with Gasteiger partial charge < -0.3 is 0 Å². The van der Waals surface area contributed by atoms with E-state index in [1.807, 2.05) is 0 Å². The van der Waals surface area contributed by atoms with Crippen LogP contribution in [0, 0.1) is 11.3 Å². The first-order chi connectivity index (χ1) is 5.36. The van der Waals surface area contributed by atoms with Crippen LogP contribution in [-0.2, 0) is 0 Å². The van der Waals surface area contributed by atoms with Crippen LogP contribution in [0.2, 0.25) is 0 Å². The van der Waals surface area contributed by atoms with E-state index in [1.54, 1.807) is 6.92 Å². The quantitative estimate of drug-likeness (QED) is 0.561. The predicted octanol–water partition coefficient (Wildman–Crippen LogP) is 3.95. The lowest BCUT2D eigenvalue weighted by atomic mass is 9.65. The number of halogens is 1. The van der Waals surface area contributed by atoms with Gasteiger partial charge in [-0.1, -0.05) is 20.8 Å². The second-order valence-corrected chi connectivity index (χ2v) is 5.22. The molecule has 0 aromatic rings. The molecule has 0 amide bonds. The summed E-state index contributed by atoms with van der Waals surface area (Å²) in [6, 6.07) is 0. The van der Waals surface area contributed by atoms with Crippen molar-refractivity contribution in [1.82, 2.24) is 0 Å². The number of hydrogen-bond donors (Lipinski definition) is 0. The molecule has 0 bridgehead atoms. The molecule has 0 aliphatic heterocycles. The maximum atomic E-state index is 13.5. The van der Waals surface area contributed by atoms with Crippen molar-refractivity contribution < 1.29 is 4.39 Å². The Morgan fingerprint density at radius 2 is 1.42 bits per heavy atom. The van der Waals surface area contributed by atoms with Crippen LogP contribution in [0.1, 0.15) is 53.4 Å². The molecule has 72 valence electrons. The van der Waals surface area contributed by atoms with Gasteiger partial charge in [-0.2, -0.15) is 0 Å². The van der Waals surface area contributed by atoms with Gasteiger partial charge in [0.1, 0.15) is 5.67 Å². The molecular weight excluding hydrogens is 151 g/mol. The fraction of sp³-hybridized carbons (Fsp3) is 1.00. The van der Waals surface area contributed by atoms with Gasteiger partial charge in [0.25, 0.3) is 0 Å². The Morgan fingerprint density at radius 3 is 1.75 bits per heavy atom. The lowest BCUT2D eigenvalue weighted by Gasteiger charge is -2.42. The Kier molecular flexibility index (Phi) is 2.51. The van der Waals surface area contributed by atoms with E-state index >= 15 is 0 Å². The van der Waals surface area contributed by atoms with Crippen LogP contribution >= 0.6 is 0 Å². The van der Waals surface area contributed by atoms with Crippen molar-refractivity contribution in [2.45, 2.75) is 59.0 Å². The van der Waals surface area contributed by atoms with Crippen LogP contribution in [0.4, 0.5) is 4.39 Å². The van der Waals surface area contributed by atoms with E-state index in [0.717, 1.165) is 25.7 Å². The van der Waals surface area contributed by atoms with Crippen molar-refractivity contribution in [3.63, 3.8) is 0 Å². The lowest BCUT2D eigenvalue weighted by molar-refractivity contribution is 0.0359. The zero-order valence-electron chi connectivity index (χ0n) is 8.78. The third-order valence-electron chi connectivity index (χ3n) is 3.83. The molecule has 1 heteroatoms. The molecule has 1 fully saturated rings. The van der Waals surface area contributed by atoms with Gasteiger partial charge in [0.15, 0.2) is 0 Å². The predicted molar refractivity (Wildman–Crippen MR) is 50.9 cm³/mol. The summed E-state index contributed by atoms with van der Waals surface area (Å²) < 4.78 is 13.5. The third kappa shape index (κ3) is 1.99. The normalized spacial score (nSPS) is 43.5. The monoisotopic (exact) mass is 172 g/mol. The molecule has 0 radical (unpaired) electrons. The highest BCUT2D eigenvalue weighted by Gasteiger charge is 2.38. The third-order valence-corrected chi connectivity index (χ3v) is 3.83. The Bertz CT molecular complexity index is 148. The Labute approximate surface area is 75.5 Å². The first kappa shape index (κ1) is 10.0. The van der Waals surface area contributed by atoms with E-state index < -0.39 is 5.67 Å². The first-order valence-corrected chi connectivity index (χ1v) is 5.05. The van der Waals surface area contributed by atoms with Crippen molar-refractivity contribution in [2.24, 2.45) is 11.3 Å². The molecule has 0 aromatic heterocycles. The molecule has 0 saturated heterocycles.